The minimum absolute atomic E-state index is 0.00830. The van der Waals surface area contributed by atoms with Crippen molar-refractivity contribution >= 4 is 5.97 Å². The Kier molecular flexibility index (Phi) is 4.38. The fourth-order valence-corrected chi connectivity index (χ4v) is 2.62. The number of aromatic hydroxyl groups is 1. The minimum atomic E-state index is -1.25. The van der Waals surface area contributed by atoms with E-state index in [0.29, 0.717) is 12.0 Å². The molecule has 0 radical (unpaired) electrons. The molecule has 1 aliphatic rings. The number of methoxy groups -OCH3 is 1. The third kappa shape index (κ3) is 3.04. The maximum atomic E-state index is 14.3. The first-order valence-corrected chi connectivity index (χ1v) is 7.50. The molecule has 0 bridgehead atoms. The summed E-state index contributed by atoms with van der Waals surface area (Å²) in [5.41, 5.74) is 0.403. The number of carbonyl (C=O) groups excluding carboxylic acids is 1. The SMILES string of the molecule is COC(=O)C1CC1COc1c(O)cc(-c2ccccc2)c(F)c1F. The molecule has 1 fully saturated rings. The predicted octanol–water partition coefficient (Wildman–Crippen LogP) is 3.53. The number of halogens is 2. The van der Waals surface area contributed by atoms with E-state index in [1.54, 1.807) is 30.3 Å². The van der Waals surface area contributed by atoms with Crippen LogP contribution in [0.15, 0.2) is 36.4 Å². The summed E-state index contributed by atoms with van der Waals surface area (Å²) in [5.74, 6) is -4.11. The smallest absolute Gasteiger partial charge is 0.309 e. The summed E-state index contributed by atoms with van der Waals surface area (Å²) in [7, 11) is 1.29. The van der Waals surface area contributed by atoms with E-state index in [1.165, 1.54) is 7.11 Å². The quantitative estimate of drug-likeness (QED) is 0.850. The molecule has 3 rings (SSSR count). The number of carbonyl (C=O) groups is 1. The summed E-state index contributed by atoms with van der Waals surface area (Å²) in [6, 6.07) is 9.49. The number of hydrogen-bond acceptors (Lipinski definition) is 4. The zero-order valence-electron chi connectivity index (χ0n) is 13.0. The van der Waals surface area contributed by atoms with Crippen molar-refractivity contribution in [3.05, 3.63) is 48.0 Å². The molecule has 0 aromatic heterocycles. The molecule has 0 amide bonds. The van der Waals surface area contributed by atoms with E-state index in [2.05, 4.69) is 4.74 Å². The highest BCUT2D eigenvalue weighted by Gasteiger charge is 2.44. The van der Waals surface area contributed by atoms with E-state index >= 15 is 0 Å². The van der Waals surface area contributed by atoms with Crippen molar-refractivity contribution in [1.82, 2.24) is 0 Å². The van der Waals surface area contributed by atoms with Gasteiger partial charge in [-0.15, -0.1) is 0 Å². The Morgan fingerprint density at radius 1 is 1.25 bits per heavy atom. The second-order valence-electron chi connectivity index (χ2n) is 5.70. The summed E-state index contributed by atoms with van der Waals surface area (Å²) < 4.78 is 38.4. The van der Waals surface area contributed by atoms with Crippen molar-refractivity contribution in [1.29, 1.82) is 0 Å². The molecule has 0 spiro atoms. The van der Waals surface area contributed by atoms with E-state index < -0.39 is 23.1 Å². The molecule has 0 saturated heterocycles. The molecule has 1 N–H and O–H groups in total. The highest BCUT2D eigenvalue weighted by molar-refractivity contribution is 5.75. The maximum Gasteiger partial charge on any atom is 0.309 e. The Morgan fingerprint density at radius 2 is 1.96 bits per heavy atom. The summed E-state index contributed by atoms with van der Waals surface area (Å²) in [6.45, 7) is 0.00830. The van der Waals surface area contributed by atoms with Crippen LogP contribution in [0, 0.1) is 23.5 Å². The second-order valence-corrected chi connectivity index (χ2v) is 5.70. The average Bonchev–Trinajstić information content (AvgIpc) is 3.37. The Bertz CT molecular complexity index is 761. The molecule has 126 valence electrons. The molecule has 24 heavy (non-hydrogen) atoms. The largest absolute Gasteiger partial charge is 0.504 e. The molecular weight excluding hydrogens is 318 g/mol. The highest BCUT2D eigenvalue weighted by Crippen LogP contribution is 2.42. The second kappa shape index (κ2) is 6.47. The number of benzene rings is 2. The molecule has 2 atom stereocenters. The molecule has 2 aromatic rings. The fourth-order valence-electron chi connectivity index (χ4n) is 2.62. The normalized spacial score (nSPS) is 19.0. The topological polar surface area (TPSA) is 55.8 Å². The zero-order valence-corrected chi connectivity index (χ0v) is 13.0. The van der Waals surface area contributed by atoms with Crippen molar-refractivity contribution in [2.75, 3.05) is 13.7 Å². The van der Waals surface area contributed by atoms with Crippen LogP contribution in [0.3, 0.4) is 0 Å². The highest BCUT2D eigenvalue weighted by atomic mass is 19.2. The van der Waals surface area contributed by atoms with Gasteiger partial charge in [-0.3, -0.25) is 4.79 Å². The number of phenolic OH excluding ortho intramolecular Hbond substituents is 1. The van der Waals surface area contributed by atoms with E-state index in [1.807, 2.05) is 0 Å². The van der Waals surface area contributed by atoms with Crippen LogP contribution in [0.1, 0.15) is 6.42 Å². The van der Waals surface area contributed by atoms with Crippen LogP contribution < -0.4 is 4.74 Å². The lowest BCUT2D eigenvalue weighted by atomic mass is 10.0. The average molecular weight is 334 g/mol. The molecule has 6 heteroatoms. The number of phenols is 1. The number of hydrogen-bond donors (Lipinski definition) is 1. The molecule has 2 aromatic carbocycles. The molecule has 4 nitrogen and oxygen atoms in total. The monoisotopic (exact) mass is 334 g/mol. The van der Waals surface area contributed by atoms with Crippen molar-refractivity contribution in [2.45, 2.75) is 6.42 Å². The Hall–Kier alpha value is -2.63. The van der Waals surface area contributed by atoms with Gasteiger partial charge in [0.25, 0.3) is 0 Å². The third-order valence-corrected chi connectivity index (χ3v) is 4.10. The van der Waals surface area contributed by atoms with Gasteiger partial charge in [0, 0.05) is 11.5 Å². The van der Waals surface area contributed by atoms with E-state index in [4.69, 9.17) is 4.74 Å². The van der Waals surface area contributed by atoms with Crippen molar-refractivity contribution in [3.63, 3.8) is 0 Å². The zero-order chi connectivity index (χ0) is 17.3. The Morgan fingerprint density at radius 3 is 2.62 bits per heavy atom. The van der Waals surface area contributed by atoms with Crippen LogP contribution >= 0.6 is 0 Å². The molecule has 0 heterocycles. The fraction of sp³-hybridized carbons (Fsp3) is 0.278. The predicted molar refractivity (Wildman–Crippen MR) is 82.6 cm³/mol. The van der Waals surface area contributed by atoms with Crippen LogP contribution in [0.25, 0.3) is 11.1 Å². The number of esters is 1. The van der Waals surface area contributed by atoms with E-state index in [0.717, 1.165) is 6.07 Å². The first-order chi connectivity index (χ1) is 11.5. The van der Waals surface area contributed by atoms with Gasteiger partial charge in [0.2, 0.25) is 5.82 Å². The summed E-state index contributed by atoms with van der Waals surface area (Å²) in [5, 5.41) is 9.99. The first kappa shape index (κ1) is 16.2. The first-order valence-electron chi connectivity index (χ1n) is 7.50. The van der Waals surface area contributed by atoms with Gasteiger partial charge in [-0.05, 0) is 18.1 Å². The van der Waals surface area contributed by atoms with Crippen molar-refractivity contribution < 1.29 is 28.2 Å². The maximum absolute atomic E-state index is 14.3. The van der Waals surface area contributed by atoms with Gasteiger partial charge in [0.1, 0.15) is 0 Å². The van der Waals surface area contributed by atoms with Gasteiger partial charge in [-0.25, -0.2) is 4.39 Å². The van der Waals surface area contributed by atoms with E-state index in [-0.39, 0.29) is 30.0 Å². The molecule has 2 unspecified atom stereocenters. The summed E-state index contributed by atoms with van der Waals surface area (Å²) in [6.07, 6.45) is 0.569. The van der Waals surface area contributed by atoms with Crippen molar-refractivity contribution in [3.8, 4) is 22.6 Å². The molecule has 1 saturated carbocycles. The van der Waals surface area contributed by atoms with Crippen LogP contribution in [0.4, 0.5) is 8.78 Å². The van der Waals surface area contributed by atoms with Gasteiger partial charge >= 0.3 is 5.97 Å². The van der Waals surface area contributed by atoms with Gasteiger partial charge < -0.3 is 14.6 Å². The van der Waals surface area contributed by atoms with Crippen LogP contribution in [0.5, 0.6) is 11.5 Å². The Labute approximate surface area is 137 Å². The standard InChI is InChI=1S/C18H16F2O4/c1-23-18(22)13-7-11(13)9-24-17-14(21)8-12(15(19)16(17)20)10-5-3-2-4-6-10/h2-6,8,11,13,21H,7,9H2,1H3. The van der Waals surface area contributed by atoms with Gasteiger partial charge in [-0.1, -0.05) is 30.3 Å². The summed E-state index contributed by atoms with van der Waals surface area (Å²) >= 11 is 0. The lowest BCUT2D eigenvalue weighted by Gasteiger charge is -2.12. The molecule has 1 aliphatic carbocycles. The number of ether oxygens (including phenoxy) is 2. The van der Waals surface area contributed by atoms with Crippen LogP contribution in [-0.2, 0) is 9.53 Å². The molecular formula is C18H16F2O4. The summed E-state index contributed by atoms with van der Waals surface area (Å²) in [4.78, 5) is 11.3. The van der Waals surface area contributed by atoms with Gasteiger partial charge in [0.05, 0.1) is 19.6 Å². The van der Waals surface area contributed by atoms with Gasteiger partial charge in [0.15, 0.2) is 17.3 Å². The lowest BCUT2D eigenvalue weighted by Crippen LogP contribution is -2.09. The lowest BCUT2D eigenvalue weighted by molar-refractivity contribution is -0.142. The number of rotatable bonds is 5. The third-order valence-electron chi connectivity index (χ3n) is 4.10. The van der Waals surface area contributed by atoms with E-state index in [9.17, 15) is 18.7 Å². The minimum Gasteiger partial charge on any atom is -0.504 e. The molecule has 0 aliphatic heterocycles. The van der Waals surface area contributed by atoms with Crippen LogP contribution in [-0.4, -0.2) is 24.8 Å². The van der Waals surface area contributed by atoms with Crippen molar-refractivity contribution in [2.24, 2.45) is 11.8 Å². The van der Waals surface area contributed by atoms with Gasteiger partial charge in [-0.2, -0.15) is 4.39 Å². The Balaban J connectivity index is 1.78. The van der Waals surface area contributed by atoms with Crippen LogP contribution in [0.2, 0.25) is 0 Å².